The third kappa shape index (κ3) is 3.86. The lowest BCUT2D eigenvalue weighted by Gasteiger charge is -2.08. The van der Waals surface area contributed by atoms with E-state index in [0.29, 0.717) is 43.4 Å². The summed E-state index contributed by atoms with van der Waals surface area (Å²) in [5, 5.41) is 5.81. The Morgan fingerprint density at radius 3 is 2.57 bits per heavy atom. The van der Waals surface area contributed by atoms with E-state index in [1.54, 1.807) is 41.3 Å². The molecule has 0 aliphatic heterocycles. The van der Waals surface area contributed by atoms with Gasteiger partial charge in [0.1, 0.15) is 0 Å². The molecule has 0 radical (unpaired) electrons. The summed E-state index contributed by atoms with van der Waals surface area (Å²) in [5.41, 5.74) is 2.11. The fraction of sp³-hybridized carbons (Fsp3) is 0.105. The Balaban J connectivity index is 1.66. The highest BCUT2D eigenvalue weighted by atomic mass is 35.5. The van der Waals surface area contributed by atoms with Gasteiger partial charge in [0.15, 0.2) is 5.65 Å². The maximum atomic E-state index is 12.5. The van der Waals surface area contributed by atoms with Gasteiger partial charge in [-0.05, 0) is 29.8 Å². The predicted molar refractivity (Wildman–Crippen MR) is 104 cm³/mol. The molecule has 0 spiro atoms. The molecule has 0 aliphatic rings. The summed E-state index contributed by atoms with van der Waals surface area (Å²) in [6.45, 7) is 0.330. The molecule has 6 nitrogen and oxygen atoms in total. The summed E-state index contributed by atoms with van der Waals surface area (Å²) in [6, 6.07) is 8.38. The van der Waals surface area contributed by atoms with E-state index in [4.69, 9.17) is 23.2 Å². The van der Waals surface area contributed by atoms with Gasteiger partial charge in [-0.3, -0.25) is 4.68 Å². The van der Waals surface area contributed by atoms with Crippen molar-refractivity contribution >= 4 is 40.2 Å². The second-order valence-electron chi connectivity index (χ2n) is 6.24. The minimum Gasteiger partial charge on any atom is -0.326 e. The van der Waals surface area contributed by atoms with Crippen molar-refractivity contribution in [2.45, 2.75) is 12.7 Å². The number of benzene rings is 1. The largest absolute Gasteiger partial charge is 0.493 e. The van der Waals surface area contributed by atoms with E-state index in [2.05, 4.69) is 14.9 Å². The monoisotopic (exact) mass is 454 g/mol. The van der Waals surface area contributed by atoms with Gasteiger partial charge in [0.2, 0.25) is 0 Å². The Labute approximate surface area is 177 Å². The second-order valence-corrected chi connectivity index (χ2v) is 7.06. The van der Waals surface area contributed by atoms with Gasteiger partial charge in [0.05, 0.1) is 12.7 Å². The molecule has 4 aromatic rings. The Bertz CT molecular complexity index is 1230. The zero-order valence-electron chi connectivity index (χ0n) is 14.9. The Morgan fingerprint density at radius 1 is 1.13 bits per heavy atom. The quantitative estimate of drug-likeness (QED) is 0.445. The maximum Gasteiger partial charge on any atom is 0.493 e. The Morgan fingerprint density at radius 2 is 1.87 bits per heavy atom. The van der Waals surface area contributed by atoms with Crippen LogP contribution in [0.3, 0.4) is 0 Å². The van der Waals surface area contributed by atoms with E-state index in [0.717, 1.165) is 0 Å². The molecule has 3 heterocycles. The molecule has 0 N–H and O–H groups in total. The van der Waals surface area contributed by atoms with Crippen molar-refractivity contribution in [3.05, 3.63) is 70.7 Å². The van der Waals surface area contributed by atoms with E-state index in [1.807, 2.05) is 0 Å². The molecule has 4 rings (SSSR count). The predicted octanol–water partition coefficient (Wildman–Crippen LogP) is 4.77. The summed E-state index contributed by atoms with van der Waals surface area (Å²) < 4.78 is 39.8. The normalized spacial score (nSPS) is 11.8. The van der Waals surface area contributed by atoms with E-state index >= 15 is 0 Å². The van der Waals surface area contributed by atoms with Crippen molar-refractivity contribution in [1.82, 2.24) is 19.5 Å². The molecule has 0 bridgehead atoms. The first-order valence-electron chi connectivity index (χ1n) is 8.45. The number of alkyl halides is 3. The van der Waals surface area contributed by atoms with E-state index in [9.17, 15) is 18.0 Å². The van der Waals surface area contributed by atoms with Gasteiger partial charge in [-0.15, -0.1) is 0 Å². The number of halogens is 5. The molecule has 0 saturated carbocycles. The fourth-order valence-electron chi connectivity index (χ4n) is 2.92. The van der Waals surface area contributed by atoms with Gasteiger partial charge in [0.25, 0.3) is 0 Å². The van der Waals surface area contributed by atoms with Crippen LogP contribution >= 0.6 is 23.2 Å². The second kappa shape index (κ2) is 7.66. The topological polar surface area (TPSA) is 61.9 Å². The number of hydrogen-bond donors (Lipinski definition) is 0. The number of hydrogen-bond acceptors (Lipinski definition) is 4. The standard InChI is InChI=1S/C19H11Cl2F3N4O2/c20-15-2-1-3-16(21)14(15)10-27-9-11(8-26-27)12-4-6-25-17-13(12)5-7-28(17)30-18(29)19(22,23)24/h1-9H,10H2. The van der Waals surface area contributed by atoms with Crippen molar-refractivity contribution in [2.75, 3.05) is 0 Å². The average Bonchev–Trinajstić information content (AvgIpc) is 3.31. The van der Waals surface area contributed by atoms with Gasteiger partial charge < -0.3 is 4.84 Å². The molecule has 30 heavy (non-hydrogen) atoms. The van der Waals surface area contributed by atoms with Gasteiger partial charge >= 0.3 is 12.1 Å². The van der Waals surface area contributed by atoms with Crippen LogP contribution in [-0.4, -0.2) is 31.6 Å². The van der Waals surface area contributed by atoms with Crippen molar-refractivity contribution in [3.63, 3.8) is 0 Å². The highest BCUT2D eigenvalue weighted by Crippen LogP contribution is 2.29. The molecule has 1 aromatic carbocycles. The molecular weight excluding hydrogens is 444 g/mol. The van der Waals surface area contributed by atoms with Crippen LogP contribution in [0, 0.1) is 0 Å². The molecule has 0 saturated heterocycles. The highest BCUT2D eigenvalue weighted by Gasteiger charge is 2.42. The minimum atomic E-state index is -5.12. The molecule has 154 valence electrons. The van der Waals surface area contributed by atoms with Crippen molar-refractivity contribution in [2.24, 2.45) is 0 Å². The van der Waals surface area contributed by atoms with Gasteiger partial charge in [0, 0.05) is 45.1 Å². The van der Waals surface area contributed by atoms with E-state index < -0.39 is 12.1 Å². The highest BCUT2D eigenvalue weighted by molar-refractivity contribution is 6.35. The van der Waals surface area contributed by atoms with Crippen LogP contribution in [0.5, 0.6) is 0 Å². The summed E-state index contributed by atoms with van der Waals surface area (Å²) in [4.78, 5) is 19.5. The molecule has 0 amide bonds. The van der Waals surface area contributed by atoms with Crippen LogP contribution in [-0.2, 0) is 11.3 Å². The van der Waals surface area contributed by atoms with Crippen LogP contribution in [0.15, 0.2) is 55.1 Å². The third-order valence-electron chi connectivity index (χ3n) is 4.29. The number of pyridine rings is 1. The SMILES string of the molecule is O=C(On1ccc2c(-c3cnn(Cc4c(Cl)cccc4Cl)c3)ccnc21)C(F)(F)F. The average molecular weight is 455 g/mol. The Hall–Kier alpha value is -3.04. The maximum absolute atomic E-state index is 12.5. The molecule has 11 heteroatoms. The van der Waals surface area contributed by atoms with Gasteiger partial charge in [-0.25, -0.2) is 9.78 Å². The van der Waals surface area contributed by atoms with Gasteiger partial charge in [-0.1, -0.05) is 29.3 Å². The lowest BCUT2D eigenvalue weighted by Crippen LogP contribution is -2.33. The number of nitrogens with zero attached hydrogens (tertiary/aromatic N) is 4. The van der Waals surface area contributed by atoms with Crippen molar-refractivity contribution < 1.29 is 22.8 Å². The molecule has 3 aromatic heterocycles. The molecule has 0 fully saturated rings. The first kappa shape index (κ1) is 20.2. The number of rotatable bonds is 4. The van der Waals surface area contributed by atoms with Crippen molar-refractivity contribution in [3.8, 4) is 11.1 Å². The number of fused-ring (bicyclic) bond motifs is 1. The minimum absolute atomic E-state index is 0.0620. The summed E-state index contributed by atoms with van der Waals surface area (Å²) >= 11 is 12.4. The lowest BCUT2D eigenvalue weighted by atomic mass is 10.1. The first-order chi connectivity index (χ1) is 14.2. The zero-order chi connectivity index (χ0) is 21.5. The van der Waals surface area contributed by atoms with Crippen LogP contribution < -0.4 is 4.84 Å². The summed E-state index contributed by atoms with van der Waals surface area (Å²) in [6.07, 6.45) is 0.817. The number of aromatic nitrogens is 4. The van der Waals surface area contributed by atoms with Crippen LogP contribution in [0.25, 0.3) is 22.2 Å². The van der Waals surface area contributed by atoms with E-state index in [-0.39, 0.29) is 5.65 Å². The zero-order valence-corrected chi connectivity index (χ0v) is 16.4. The number of carbonyl (C=O) groups excluding carboxylic acids is 1. The lowest BCUT2D eigenvalue weighted by molar-refractivity contribution is -0.199. The number of carbonyl (C=O) groups is 1. The fourth-order valence-corrected chi connectivity index (χ4v) is 3.43. The summed E-state index contributed by atoms with van der Waals surface area (Å²) in [5.74, 6) is -2.34. The molecule has 0 aliphatic carbocycles. The van der Waals surface area contributed by atoms with Crippen LogP contribution in [0.2, 0.25) is 10.0 Å². The van der Waals surface area contributed by atoms with E-state index in [1.165, 1.54) is 18.5 Å². The van der Waals surface area contributed by atoms with Gasteiger partial charge in [-0.2, -0.15) is 23.0 Å². The van der Waals surface area contributed by atoms with Crippen molar-refractivity contribution in [1.29, 1.82) is 0 Å². The third-order valence-corrected chi connectivity index (χ3v) is 5.00. The summed E-state index contributed by atoms with van der Waals surface area (Å²) in [7, 11) is 0. The molecule has 0 unspecified atom stereocenters. The molecule has 0 atom stereocenters. The molecular formula is C19H11Cl2F3N4O2. The first-order valence-corrected chi connectivity index (χ1v) is 9.21. The Kier molecular flexibility index (Phi) is 5.17. The van der Waals surface area contributed by atoms with Crippen LogP contribution in [0.1, 0.15) is 5.56 Å². The smallest absolute Gasteiger partial charge is 0.326 e. The van der Waals surface area contributed by atoms with Crippen LogP contribution in [0.4, 0.5) is 13.2 Å².